The Kier molecular flexibility index (Phi) is 1.99. The number of carbonyl (C=O) groups excluding carboxylic acids is 1. The Morgan fingerprint density at radius 2 is 1.73 bits per heavy atom. The third kappa shape index (κ3) is 1.29. The summed E-state index contributed by atoms with van der Waals surface area (Å²) in [5, 5.41) is 2.55. The Bertz CT molecular complexity index is 553. The fraction of sp³-hybridized carbons (Fsp3) is 0.444. The zero-order valence-electron chi connectivity index (χ0n) is 8.53. The highest BCUT2D eigenvalue weighted by Crippen LogP contribution is 2.15. The summed E-state index contributed by atoms with van der Waals surface area (Å²) in [6, 6.07) is 0. The minimum atomic E-state index is -0.430. The Labute approximate surface area is 85.1 Å². The molecule has 1 aromatic rings. The van der Waals surface area contributed by atoms with Gasteiger partial charge in [0.1, 0.15) is 5.82 Å². The van der Waals surface area contributed by atoms with E-state index >= 15 is 0 Å². The second-order valence-electron chi connectivity index (χ2n) is 3.58. The summed E-state index contributed by atoms with van der Waals surface area (Å²) in [7, 11) is 2.97. The highest BCUT2D eigenvalue weighted by molar-refractivity contribution is 5.92. The van der Waals surface area contributed by atoms with Crippen LogP contribution in [0.15, 0.2) is 9.59 Å². The van der Waals surface area contributed by atoms with Gasteiger partial charge in [0.05, 0.1) is 5.56 Å². The molecule has 0 aliphatic carbocycles. The maximum atomic E-state index is 11.7. The van der Waals surface area contributed by atoms with Crippen molar-refractivity contribution in [2.45, 2.75) is 12.8 Å². The number of nitrogens with one attached hydrogen (secondary N) is 1. The predicted molar refractivity (Wildman–Crippen MR) is 53.9 cm³/mol. The van der Waals surface area contributed by atoms with Gasteiger partial charge >= 0.3 is 5.69 Å². The molecule has 1 aliphatic rings. The molecule has 2 rings (SSSR count). The summed E-state index contributed by atoms with van der Waals surface area (Å²) in [4.78, 5) is 34.4. The lowest BCUT2D eigenvalue weighted by Crippen LogP contribution is -2.42. The zero-order valence-corrected chi connectivity index (χ0v) is 8.53. The molecule has 1 N–H and O–H groups in total. The second kappa shape index (κ2) is 3.08. The molecule has 0 atom stereocenters. The van der Waals surface area contributed by atoms with Crippen LogP contribution in [0.5, 0.6) is 0 Å². The summed E-state index contributed by atoms with van der Waals surface area (Å²) in [5.74, 6) is 0.171. The number of carbonyl (C=O) groups is 1. The van der Waals surface area contributed by atoms with Crippen molar-refractivity contribution in [1.29, 1.82) is 0 Å². The van der Waals surface area contributed by atoms with Gasteiger partial charge in [-0.05, 0) is 6.42 Å². The number of hydrogen-bond donors (Lipinski definition) is 1. The standard InChI is InChI=1S/C9H11N3O3/c1-11-7-5(3-4-6(13)10-7)8(14)12(2)9(11)15/h3-4H2,1-2H3,(H,10,13). The van der Waals surface area contributed by atoms with Crippen molar-refractivity contribution >= 4 is 11.7 Å². The van der Waals surface area contributed by atoms with Crippen LogP contribution in [0.1, 0.15) is 12.0 Å². The highest BCUT2D eigenvalue weighted by Gasteiger charge is 2.22. The number of nitrogens with zero attached hydrogens (tertiary/aromatic N) is 2. The third-order valence-electron chi connectivity index (χ3n) is 2.62. The highest BCUT2D eigenvalue weighted by atomic mass is 16.2. The molecule has 0 unspecified atom stereocenters. The average molecular weight is 209 g/mol. The summed E-state index contributed by atoms with van der Waals surface area (Å²) >= 11 is 0. The van der Waals surface area contributed by atoms with E-state index in [2.05, 4.69) is 5.32 Å². The van der Waals surface area contributed by atoms with Gasteiger partial charge in [0, 0.05) is 20.5 Å². The van der Waals surface area contributed by atoms with Crippen LogP contribution in [0.3, 0.4) is 0 Å². The lowest BCUT2D eigenvalue weighted by molar-refractivity contribution is -0.116. The Hall–Kier alpha value is -1.85. The first kappa shape index (κ1) is 9.70. The van der Waals surface area contributed by atoms with E-state index in [9.17, 15) is 14.4 Å². The number of anilines is 1. The van der Waals surface area contributed by atoms with Crippen molar-refractivity contribution in [2.24, 2.45) is 14.1 Å². The second-order valence-corrected chi connectivity index (χ2v) is 3.58. The third-order valence-corrected chi connectivity index (χ3v) is 2.62. The molecule has 0 bridgehead atoms. The fourth-order valence-electron chi connectivity index (χ4n) is 1.73. The maximum absolute atomic E-state index is 11.7. The van der Waals surface area contributed by atoms with Crippen LogP contribution in [-0.2, 0) is 25.3 Å². The monoisotopic (exact) mass is 209 g/mol. The van der Waals surface area contributed by atoms with Crippen LogP contribution in [0.4, 0.5) is 5.82 Å². The Morgan fingerprint density at radius 3 is 2.40 bits per heavy atom. The van der Waals surface area contributed by atoms with Gasteiger partial charge in [-0.1, -0.05) is 0 Å². The van der Waals surface area contributed by atoms with Crippen LogP contribution >= 0.6 is 0 Å². The van der Waals surface area contributed by atoms with E-state index in [4.69, 9.17) is 0 Å². The van der Waals surface area contributed by atoms with Crippen LogP contribution in [0.2, 0.25) is 0 Å². The zero-order chi connectivity index (χ0) is 11.2. The van der Waals surface area contributed by atoms with E-state index in [0.717, 1.165) is 4.57 Å². The molecule has 6 nitrogen and oxygen atoms in total. The molecule has 1 aliphatic heterocycles. The summed E-state index contributed by atoms with van der Waals surface area (Å²) < 4.78 is 2.34. The molecular weight excluding hydrogens is 198 g/mol. The van der Waals surface area contributed by atoms with Crippen LogP contribution in [0, 0.1) is 0 Å². The first-order valence-corrected chi connectivity index (χ1v) is 4.61. The average Bonchev–Trinajstić information content (AvgIpc) is 2.23. The van der Waals surface area contributed by atoms with Crippen molar-refractivity contribution in [3.63, 3.8) is 0 Å². The molecule has 15 heavy (non-hydrogen) atoms. The predicted octanol–water partition coefficient (Wildman–Crippen LogP) is -1.03. The van der Waals surface area contributed by atoms with Gasteiger partial charge in [-0.3, -0.25) is 18.7 Å². The molecule has 6 heteroatoms. The van der Waals surface area contributed by atoms with Gasteiger partial charge in [-0.25, -0.2) is 4.79 Å². The van der Waals surface area contributed by atoms with E-state index in [-0.39, 0.29) is 11.5 Å². The molecule has 1 amide bonds. The van der Waals surface area contributed by atoms with Crippen LogP contribution in [-0.4, -0.2) is 15.0 Å². The number of hydrogen-bond acceptors (Lipinski definition) is 3. The van der Waals surface area contributed by atoms with Crippen LogP contribution in [0.25, 0.3) is 0 Å². The molecular formula is C9H11N3O3. The molecule has 0 aromatic carbocycles. The van der Waals surface area contributed by atoms with Crippen molar-refractivity contribution < 1.29 is 4.79 Å². The molecule has 0 saturated carbocycles. The van der Waals surface area contributed by atoms with E-state index < -0.39 is 5.69 Å². The fourth-order valence-corrected chi connectivity index (χ4v) is 1.73. The van der Waals surface area contributed by atoms with Crippen molar-refractivity contribution in [3.05, 3.63) is 26.4 Å². The normalized spacial score (nSPS) is 14.7. The first-order valence-electron chi connectivity index (χ1n) is 4.61. The van der Waals surface area contributed by atoms with Gasteiger partial charge in [-0.2, -0.15) is 0 Å². The number of aromatic nitrogens is 2. The van der Waals surface area contributed by atoms with Crippen molar-refractivity contribution in [2.75, 3.05) is 5.32 Å². The lowest BCUT2D eigenvalue weighted by atomic mass is 10.1. The number of fused-ring (bicyclic) bond motifs is 1. The van der Waals surface area contributed by atoms with Gasteiger partial charge in [0.25, 0.3) is 5.56 Å². The molecule has 80 valence electrons. The quantitative estimate of drug-likeness (QED) is 0.593. The summed E-state index contributed by atoms with van der Waals surface area (Å²) in [6.07, 6.45) is 0.683. The van der Waals surface area contributed by atoms with Crippen molar-refractivity contribution in [3.8, 4) is 0 Å². The topological polar surface area (TPSA) is 73.1 Å². The number of rotatable bonds is 0. The van der Waals surface area contributed by atoms with Gasteiger partial charge in [0.2, 0.25) is 5.91 Å². The lowest BCUT2D eigenvalue weighted by Gasteiger charge is -2.19. The van der Waals surface area contributed by atoms with E-state index in [0.29, 0.717) is 24.2 Å². The number of amides is 1. The van der Waals surface area contributed by atoms with Gasteiger partial charge < -0.3 is 5.32 Å². The molecule has 2 heterocycles. The van der Waals surface area contributed by atoms with Crippen LogP contribution < -0.4 is 16.6 Å². The molecule has 1 aromatic heterocycles. The van der Waals surface area contributed by atoms with Gasteiger partial charge in [0.15, 0.2) is 0 Å². The smallest absolute Gasteiger partial charge is 0.312 e. The SMILES string of the molecule is Cn1c2c(c(=O)n(C)c1=O)CCC(=O)N2. The van der Waals surface area contributed by atoms with Gasteiger partial charge in [-0.15, -0.1) is 0 Å². The first-order chi connectivity index (χ1) is 7.02. The molecule has 0 radical (unpaired) electrons. The summed E-state index contributed by atoms with van der Waals surface area (Å²) in [6.45, 7) is 0. The van der Waals surface area contributed by atoms with E-state index in [1.54, 1.807) is 0 Å². The molecule has 0 saturated heterocycles. The maximum Gasteiger partial charge on any atom is 0.332 e. The minimum Gasteiger partial charge on any atom is -0.312 e. The van der Waals surface area contributed by atoms with Crippen molar-refractivity contribution in [1.82, 2.24) is 9.13 Å². The van der Waals surface area contributed by atoms with E-state index in [1.807, 2.05) is 0 Å². The Balaban J connectivity index is 2.83. The minimum absolute atomic E-state index is 0.161. The molecule has 0 fully saturated rings. The largest absolute Gasteiger partial charge is 0.332 e. The molecule has 0 spiro atoms. The Morgan fingerprint density at radius 1 is 1.07 bits per heavy atom. The summed E-state index contributed by atoms with van der Waals surface area (Å²) in [5.41, 5.74) is -0.256. The van der Waals surface area contributed by atoms with E-state index in [1.165, 1.54) is 18.7 Å².